The van der Waals surface area contributed by atoms with Crippen LogP contribution in [-0.2, 0) is 4.79 Å². The first-order valence-electron chi connectivity index (χ1n) is 1.71. The molecule has 4 heteroatoms. The van der Waals surface area contributed by atoms with Crippen molar-refractivity contribution in [1.29, 1.82) is 0 Å². The Morgan fingerprint density at radius 3 is 2.86 bits per heavy atom. The van der Waals surface area contributed by atoms with Gasteiger partial charge in [0.2, 0.25) is 5.12 Å². The molecule has 1 aliphatic rings. The Kier molecular flexibility index (Phi) is 1.39. The van der Waals surface area contributed by atoms with E-state index in [0.29, 0.717) is 0 Å². The molecule has 0 radical (unpaired) electrons. The molecule has 0 saturated heterocycles. The van der Waals surface area contributed by atoms with E-state index in [2.05, 4.69) is 17.6 Å². The summed E-state index contributed by atoms with van der Waals surface area (Å²) in [5.74, 6) is 0. The minimum Gasteiger partial charge on any atom is -0.280 e. The Bertz CT molecular complexity index is 122. The maximum atomic E-state index is 10.2. The molecule has 0 fully saturated rings. The van der Waals surface area contributed by atoms with E-state index < -0.39 is 0 Å². The third-order valence-corrected chi connectivity index (χ3v) is 1.65. The van der Waals surface area contributed by atoms with Crippen molar-refractivity contribution in [3.8, 4) is 0 Å². The van der Waals surface area contributed by atoms with Crippen LogP contribution in [0, 0.1) is 0 Å². The van der Waals surface area contributed by atoms with E-state index in [1.807, 2.05) is 0 Å². The molecule has 38 valence electrons. The molecule has 0 N–H and O–H groups in total. The minimum atomic E-state index is -0.146. The summed E-state index contributed by atoms with van der Waals surface area (Å²) in [6.07, 6.45) is 1.29. The molecule has 1 aliphatic heterocycles. The molecule has 1 rings (SSSR count). The van der Waals surface area contributed by atoms with Crippen molar-refractivity contribution < 1.29 is 4.79 Å². The lowest BCUT2D eigenvalue weighted by Gasteiger charge is -1.86. The van der Waals surface area contributed by atoms with Crippen LogP contribution in [-0.4, -0.2) is 16.0 Å². The molecule has 1 atom stereocenters. The summed E-state index contributed by atoms with van der Waals surface area (Å²) < 4.78 is -0.146. The molecule has 0 aromatic rings. The van der Waals surface area contributed by atoms with E-state index in [9.17, 15) is 4.79 Å². The van der Waals surface area contributed by atoms with Crippen LogP contribution in [0.5, 0.6) is 0 Å². The number of hydrogen-bond donors (Lipinski definition) is 1. The Balaban J connectivity index is 2.58. The van der Waals surface area contributed by atoms with E-state index in [-0.39, 0.29) is 9.82 Å². The van der Waals surface area contributed by atoms with E-state index in [1.54, 1.807) is 0 Å². The van der Waals surface area contributed by atoms with Crippen LogP contribution in [0.1, 0.15) is 0 Å². The van der Waals surface area contributed by atoms with Crippen molar-refractivity contribution in [3.63, 3.8) is 0 Å². The first kappa shape index (κ1) is 5.18. The molecule has 0 saturated carbocycles. The number of thiol groups is 1. The molecule has 2 nitrogen and oxygen atoms in total. The predicted molar refractivity (Wildman–Crippen MR) is 33.9 cm³/mol. The zero-order valence-electron chi connectivity index (χ0n) is 3.37. The summed E-state index contributed by atoms with van der Waals surface area (Å²) in [4.78, 5) is 13.9. The molecular formula is C3H3NOS2. The highest BCUT2D eigenvalue weighted by Crippen LogP contribution is 2.20. The molecule has 0 spiro atoms. The Hall–Kier alpha value is 0.0400. The highest BCUT2D eigenvalue weighted by atomic mass is 32.2. The van der Waals surface area contributed by atoms with E-state index >= 15 is 0 Å². The smallest absolute Gasteiger partial charge is 0.232 e. The zero-order valence-corrected chi connectivity index (χ0v) is 5.08. The van der Waals surface area contributed by atoms with Crippen molar-refractivity contribution in [3.05, 3.63) is 0 Å². The topological polar surface area (TPSA) is 29.4 Å². The summed E-state index contributed by atoms with van der Waals surface area (Å²) >= 11 is 5.02. The SMILES string of the molecule is O=C1C=NC(S)S1. The largest absolute Gasteiger partial charge is 0.280 e. The van der Waals surface area contributed by atoms with Crippen LogP contribution in [0.4, 0.5) is 0 Å². The second-order valence-electron chi connectivity index (χ2n) is 1.04. The first-order valence-corrected chi connectivity index (χ1v) is 3.10. The summed E-state index contributed by atoms with van der Waals surface area (Å²) in [5, 5.41) is 0.000000000000000222. The van der Waals surface area contributed by atoms with Gasteiger partial charge in [-0.15, -0.1) is 12.6 Å². The lowest BCUT2D eigenvalue weighted by Crippen LogP contribution is -1.83. The second kappa shape index (κ2) is 1.88. The van der Waals surface area contributed by atoms with Crippen molar-refractivity contribution in [2.24, 2.45) is 4.99 Å². The van der Waals surface area contributed by atoms with Crippen LogP contribution >= 0.6 is 24.4 Å². The Morgan fingerprint density at radius 2 is 2.71 bits per heavy atom. The predicted octanol–water partition coefficient (Wildman–Crippen LogP) is 0.544. The van der Waals surface area contributed by atoms with Crippen LogP contribution < -0.4 is 0 Å². The minimum absolute atomic E-state index is 0.000000000000000222. The van der Waals surface area contributed by atoms with Gasteiger partial charge in [0.15, 0.2) is 0 Å². The number of carbonyl (C=O) groups is 1. The average Bonchev–Trinajstić information content (AvgIpc) is 1.87. The van der Waals surface area contributed by atoms with Gasteiger partial charge in [-0.1, -0.05) is 0 Å². The van der Waals surface area contributed by atoms with Gasteiger partial charge in [-0.25, -0.2) is 0 Å². The van der Waals surface area contributed by atoms with Crippen molar-refractivity contribution in [2.75, 3.05) is 0 Å². The van der Waals surface area contributed by atoms with Crippen LogP contribution in [0.2, 0.25) is 0 Å². The summed E-state index contributed by atoms with van der Waals surface area (Å²) in [6.45, 7) is 0. The van der Waals surface area contributed by atoms with Gasteiger partial charge in [0.1, 0.15) is 4.71 Å². The number of rotatable bonds is 0. The molecule has 0 aromatic carbocycles. The summed E-state index contributed by atoms with van der Waals surface area (Å²) in [7, 11) is 0. The first-order chi connectivity index (χ1) is 3.29. The lowest BCUT2D eigenvalue weighted by atomic mass is 10.8. The van der Waals surface area contributed by atoms with E-state index in [1.165, 1.54) is 6.21 Å². The third-order valence-electron chi connectivity index (χ3n) is 0.529. The Labute approximate surface area is 50.8 Å². The fourth-order valence-electron chi connectivity index (χ4n) is 0.289. The highest BCUT2D eigenvalue weighted by molar-refractivity contribution is 8.22. The maximum Gasteiger partial charge on any atom is 0.232 e. The standard InChI is InChI=1S/C3H3NOS2/c5-2-1-4-3(6)7-2/h1,3,6H. The maximum absolute atomic E-state index is 10.2. The molecule has 1 unspecified atom stereocenters. The Morgan fingerprint density at radius 1 is 2.00 bits per heavy atom. The summed E-state index contributed by atoms with van der Waals surface area (Å²) in [6, 6.07) is 0. The van der Waals surface area contributed by atoms with E-state index in [4.69, 9.17) is 0 Å². The van der Waals surface area contributed by atoms with Crippen molar-refractivity contribution >= 4 is 35.7 Å². The van der Waals surface area contributed by atoms with Gasteiger partial charge < -0.3 is 0 Å². The van der Waals surface area contributed by atoms with Gasteiger partial charge >= 0.3 is 0 Å². The molecule has 0 aliphatic carbocycles. The lowest BCUT2D eigenvalue weighted by molar-refractivity contribution is -0.105. The molecule has 1 heterocycles. The second-order valence-corrected chi connectivity index (χ2v) is 2.96. The average molecular weight is 133 g/mol. The number of carbonyl (C=O) groups excluding carboxylic acids is 1. The fraction of sp³-hybridized carbons (Fsp3) is 0.333. The van der Waals surface area contributed by atoms with Crippen LogP contribution in [0.15, 0.2) is 4.99 Å². The fourth-order valence-corrected chi connectivity index (χ4v) is 1.12. The quantitative estimate of drug-likeness (QED) is 0.489. The highest BCUT2D eigenvalue weighted by Gasteiger charge is 2.12. The van der Waals surface area contributed by atoms with Gasteiger partial charge in [-0.3, -0.25) is 9.79 Å². The molecule has 0 bridgehead atoms. The molecule has 0 amide bonds. The summed E-state index contributed by atoms with van der Waals surface area (Å²) in [5.41, 5.74) is 0. The number of nitrogens with zero attached hydrogens (tertiary/aromatic N) is 1. The third kappa shape index (κ3) is 1.21. The van der Waals surface area contributed by atoms with Gasteiger partial charge in [0, 0.05) is 0 Å². The van der Waals surface area contributed by atoms with Crippen LogP contribution in [0.25, 0.3) is 0 Å². The van der Waals surface area contributed by atoms with Crippen molar-refractivity contribution in [2.45, 2.75) is 4.71 Å². The number of thioether (sulfide) groups is 1. The zero-order chi connectivity index (χ0) is 5.28. The monoisotopic (exact) mass is 133 g/mol. The van der Waals surface area contributed by atoms with E-state index in [0.717, 1.165) is 11.8 Å². The van der Waals surface area contributed by atoms with Gasteiger partial charge in [-0.2, -0.15) is 0 Å². The van der Waals surface area contributed by atoms with Gasteiger partial charge in [-0.05, 0) is 11.8 Å². The molecule has 7 heavy (non-hydrogen) atoms. The molecular weight excluding hydrogens is 130 g/mol. The van der Waals surface area contributed by atoms with Crippen molar-refractivity contribution in [1.82, 2.24) is 0 Å². The van der Waals surface area contributed by atoms with Gasteiger partial charge in [0.25, 0.3) is 0 Å². The van der Waals surface area contributed by atoms with Crippen LogP contribution in [0.3, 0.4) is 0 Å². The molecule has 0 aromatic heterocycles. The van der Waals surface area contributed by atoms with Gasteiger partial charge in [0.05, 0.1) is 6.21 Å². The number of aliphatic imine (C=N–C) groups is 1. The normalized spacial score (nSPS) is 29.3. The number of hydrogen-bond acceptors (Lipinski definition) is 4.